The fraction of sp³-hybridized carbons (Fsp3) is 0.300. The number of hydrogen-bond acceptors (Lipinski definition) is 6. The summed E-state index contributed by atoms with van der Waals surface area (Å²) in [7, 11) is 1.59. The van der Waals surface area contributed by atoms with E-state index in [1.165, 1.54) is 6.07 Å². The van der Waals surface area contributed by atoms with Gasteiger partial charge >= 0.3 is 11.6 Å². The van der Waals surface area contributed by atoms with E-state index in [0.717, 1.165) is 10.8 Å². The van der Waals surface area contributed by atoms with Gasteiger partial charge < -0.3 is 19.6 Å². The van der Waals surface area contributed by atoms with Gasteiger partial charge in [-0.2, -0.15) is 0 Å². The van der Waals surface area contributed by atoms with Crippen molar-refractivity contribution in [3.8, 4) is 5.75 Å². The highest BCUT2D eigenvalue weighted by Crippen LogP contribution is 2.30. The zero-order valence-electron chi connectivity index (χ0n) is 14.9. The average Bonchev–Trinajstić information content (AvgIpc) is 2.63. The van der Waals surface area contributed by atoms with Crippen molar-refractivity contribution in [2.75, 3.05) is 7.11 Å². The Labute approximate surface area is 150 Å². The third-order valence-electron chi connectivity index (χ3n) is 4.37. The molecule has 0 bridgehead atoms. The van der Waals surface area contributed by atoms with E-state index >= 15 is 0 Å². The van der Waals surface area contributed by atoms with Crippen molar-refractivity contribution in [3.05, 3.63) is 52.4 Å². The predicted octanol–water partition coefficient (Wildman–Crippen LogP) is 2.98. The fourth-order valence-electron chi connectivity index (χ4n) is 2.81. The number of nitrogens with two attached hydrogens (primary N) is 1. The molecule has 0 unspecified atom stereocenters. The maximum absolute atomic E-state index is 12.1. The molecule has 2 N–H and O–H groups in total. The lowest BCUT2D eigenvalue weighted by Crippen LogP contribution is -2.36. The summed E-state index contributed by atoms with van der Waals surface area (Å²) in [5, 5.41) is 2.52. The summed E-state index contributed by atoms with van der Waals surface area (Å²) >= 11 is 0. The summed E-state index contributed by atoms with van der Waals surface area (Å²) in [6.07, 6.45) is 0. The summed E-state index contributed by atoms with van der Waals surface area (Å²) in [4.78, 5) is 24.0. The van der Waals surface area contributed by atoms with Crippen LogP contribution >= 0.6 is 0 Å². The maximum Gasteiger partial charge on any atom is 0.336 e. The number of carbonyl (C=O) groups excluding carboxylic acids is 1. The van der Waals surface area contributed by atoms with Gasteiger partial charge in [-0.15, -0.1) is 0 Å². The van der Waals surface area contributed by atoms with Crippen LogP contribution in [0.3, 0.4) is 0 Å². The topological polar surface area (TPSA) is 91.8 Å². The van der Waals surface area contributed by atoms with Gasteiger partial charge in [-0.05, 0) is 34.9 Å². The summed E-state index contributed by atoms with van der Waals surface area (Å²) in [6, 6.07) is 9.87. The Kier molecular flexibility index (Phi) is 4.95. The molecular formula is C20H21NO5. The van der Waals surface area contributed by atoms with E-state index in [9.17, 15) is 9.59 Å². The van der Waals surface area contributed by atoms with Crippen LogP contribution in [-0.2, 0) is 16.1 Å². The van der Waals surface area contributed by atoms with Crippen molar-refractivity contribution in [1.29, 1.82) is 0 Å². The molecule has 0 spiro atoms. The minimum absolute atomic E-state index is 0.0369. The van der Waals surface area contributed by atoms with Crippen molar-refractivity contribution >= 4 is 27.7 Å². The first-order chi connectivity index (χ1) is 12.4. The molecule has 0 saturated carbocycles. The molecule has 0 aliphatic carbocycles. The van der Waals surface area contributed by atoms with Gasteiger partial charge in [0.05, 0.1) is 7.11 Å². The first-order valence-electron chi connectivity index (χ1n) is 8.36. The second-order valence-electron chi connectivity index (χ2n) is 6.49. The number of benzene rings is 2. The van der Waals surface area contributed by atoms with Gasteiger partial charge in [0.1, 0.15) is 24.0 Å². The minimum Gasteiger partial charge on any atom is -0.497 e. The lowest BCUT2D eigenvalue weighted by atomic mass is 10.0. The van der Waals surface area contributed by atoms with Crippen molar-refractivity contribution < 1.29 is 18.7 Å². The van der Waals surface area contributed by atoms with E-state index in [0.29, 0.717) is 22.3 Å². The standard InChI is InChI=1S/C20H21NO5/c1-11(2)19(21)20(23)25-10-13-8-17(22)26-16-7-5-12-4-6-14(24-3)9-15(12)18(13)16/h4-9,11,19H,10,21H2,1-3H3/t19-/m0/s1. The third-order valence-corrected chi connectivity index (χ3v) is 4.37. The van der Waals surface area contributed by atoms with Crippen molar-refractivity contribution in [2.45, 2.75) is 26.5 Å². The highest BCUT2D eigenvalue weighted by Gasteiger charge is 2.20. The third kappa shape index (κ3) is 3.41. The Morgan fingerprint density at radius 3 is 2.62 bits per heavy atom. The van der Waals surface area contributed by atoms with E-state index in [-0.39, 0.29) is 12.5 Å². The van der Waals surface area contributed by atoms with Crippen LogP contribution in [0.2, 0.25) is 0 Å². The van der Waals surface area contributed by atoms with Crippen LogP contribution in [0, 0.1) is 5.92 Å². The molecule has 1 heterocycles. The Bertz CT molecular complexity index is 1020. The molecule has 6 nitrogen and oxygen atoms in total. The molecule has 2 aromatic carbocycles. The van der Waals surface area contributed by atoms with Crippen LogP contribution in [0.1, 0.15) is 19.4 Å². The predicted molar refractivity (Wildman–Crippen MR) is 99.2 cm³/mol. The van der Waals surface area contributed by atoms with Gasteiger partial charge in [0.15, 0.2) is 0 Å². The Morgan fingerprint density at radius 1 is 1.19 bits per heavy atom. The zero-order valence-corrected chi connectivity index (χ0v) is 14.9. The van der Waals surface area contributed by atoms with Crippen molar-refractivity contribution in [3.63, 3.8) is 0 Å². The average molecular weight is 355 g/mol. The van der Waals surface area contributed by atoms with Crippen molar-refractivity contribution in [1.82, 2.24) is 0 Å². The number of methoxy groups -OCH3 is 1. The molecule has 0 amide bonds. The quantitative estimate of drug-likeness (QED) is 0.430. The summed E-state index contributed by atoms with van der Waals surface area (Å²) < 4.78 is 16.0. The van der Waals surface area contributed by atoms with Gasteiger partial charge in [-0.25, -0.2) is 4.79 Å². The molecule has 136 valence electrons. The number of rotatable bonds is 5. The molecule has 0 aliphatic rings. The normalized spacial score (nSPS) is 12.5. The molecule has 0 aliphatic heterocycles. The fourth-order valence-corrected chi connectivity index (χ4v) is 2.81. The Hall–Kier alpha value is -2.86. The lowest BCUT2D eigenvalue weighted by molar-refractivity contribution is -0.147. The van der Waals surface area contributed by atoms with Crippen LogP contribution in [0.15, 0.2) is 45.6 Å². The highest BCUT2D eigenvalue weighted by molar-refractivity contribution is 6.07. The van der Waals surface area contributed by atoms with Gasteiger partial charge in [-0.1, -0.05) is 26.0 Å². The van der Waals surface area contributed by atoms with E-state index in [1.807, 2.05) is 38.1 Å². The monoisotopic (exact) mass is 355 g/mol. The van der Waals surface area contributed by atoms with Crippen molar-refractivity contribution in [2.24, 2.45) is 11.7 Å². The van der Waals surface area contributed by atoms with Gasteiger partial charge in [0.2, 0.25) is 0 Å². The summed E-state index contributed by atoms with van der Waals surface area (Å²) in [5.74, 6) is 0.144. The van der Waals surface area contributed by atoms with Crippen LogP contribution in [0.25, 0.3) is 21.7 Å². The van der Waals surface area contributed by atoms with Crippen LogP contribution in [0.5, 0.6) is 5.75 Å². The van der Waals surface area contributed by atoms with Crippen LogP contribution in [0.4, 0.5) is 0 Å². The summed E-state index contributed by atoms with van der Waals surface area (Å²) in [6.45, 7) is 3.63. The molecular weight excluding hydrogens is 334 g/mol. The molecule has 3 rings (SSSR count). The van der Waals surface area contributed by atoms with Crippen LogP contribution in [-0.4, -0.2) is 19.1 Å². The smallest absolute Gasteiger partial charge is 0.336 e. The number of esters is 1. The first-order valence-corrected chi connectivity index (χ1v) is 8.36. The Morgan fingerprint density at radius 2 is 1.92 bits per heavy atom. The highest BCUT2D eigenvalue weighted by atomic mass is 16.5. The van der Waals surface area contributed by atoms with E-state index in [2.05, 4.69) is 0 Å². The SMILES string of the molecule is COc1ccc2ccc3oc(=O)cc(COC(=O)[C@@H](N)C(C)C)c3c2c1. The Balaban J connectivity index is 2.10. The first kappa shape index (κ1) is 17.9. The molecule has 6 heteroatoms. The molecule has 0 fully saturated rings. The largest absolute Gasteiger partial charge is 0.497 e. The van der Waals surface area contributed by atoms with E-state index < -0.39 is 17.6 Å². The van der Waals surface area contributed by atoms with Gasteiger partial charge in [0.25, 0.3) is 0 Å². The number of ether oxygens (including phenoxy) is 2. The second kappa shape index (κ2) is 7.17. The number of fused-ring (bicyclic) bond motifs is 3. The zero-order chi connectivity index (χ0) is 18.8. The lowest BCUT2D eigenvalue weighted by Gasteiger charge is -2.15. The molecule has 3 aromatic rings. The molecule has 26 heavy (non-hydrogen) atoms. The van der Waals surface area contributed by atoms with Crippen LogP contribution < -0.4 is 16.1 Å². The molecule has 0 radical (unpaired) electrons. The number of hydrogen-bond donors (Lipinski definition) is 1. The molecule has 1 atom stereocenters. The molecule has 0 saturated heterocycles. The molecule has 1 aromatic heterocycles. The van der Waals surface area contributed by atoms with E-state index in [1.54, 1.807) is 13.2 Å². The maximum atomic E-state index is 12.1. The number of carbonyl (C=O) groups is 1. The van der Waals surface area contributed by atoms with Gasteiger partial charge in [0, 0.05) is 17.0 Å². The second-order valence-corrected chi connectivity index (χ2v) is 6.49. The van der Waals surface area contributed by atoms with Gasteiger partial charge in [-0.3, -0.25) is 4.79 Å². The minimum atomic E-state index is -0.710. The summed E-state index contributed by atoms with van der Waals surface area (Å²) in [5.41, 5.74) is 6.32. The van der Waals surface area contributed by atoms with E-state index in [4.69, 9.17) is 19.6 Å².